The van der Waals surface area contributed by atoms with E-state index in [9.17, 15) is 9.59 Å². The average Bonchev–Trinajstić information content (AvgIpc) is 2.99. The number of ketones is 1. The number of benzene rings is 1. The number of hydrogen-bond donors (Lipinski definition) is 1. The van der Waals surface area contributed by atoms with Crippen molar-refractivity contribution >= 4 is 28.0 Å². The molecule has 3 rings (SSSR count). The van der Waals surface area contributed by atoms with E-state index in [0.717, 1.165) is 36.2 Å². The largest absolute Gasteiger partial charge is 0.322 e. The Bertz CT molecular complexity index is 737. The number of carbonyl (C=O) groups excluding carboxylic acids is 2. The summed E-state index contributed by atoms with van der Waals surface area (Å²) >= 11 is 1.57. The van der Waals surface area contributed by atoms with Crippen molar-refractivity contribution in [2.45, 2.75) is 25.7 Å². The molecule has 4 nitrogen and oxygen atoms in total. The van der Waals surface area contributed by atoms with Gasteiger partial charge in [0, 0.05) is 17.5 Å². The zero-order chi connectivity index (χ0) is 16.4. The van der Waals surface area contributed by atoms with Gasteiger partial charge in [-0.05, 0) is 31.2 Å². The first-order valence-electron chi connectivity index (χ1n) is 7.84. The van der Waals surface area contributed by atoms with Crippen LogP contribution < -0.4 is 10.6 Å². The molecule has 0 fully saturated rings. The Morgan fingerprint density at radius 1 is 1.17 bits per heavy atom. The number of rotatable bonds is 4. The maximum absolute atomic E-state index is 13.1. The quantitative estimate of drug-likeness (QED) is 0.878. The maximum atomic E-state index is 13.1. The summed E-state index contributed by atoms with van der Waals surface area (Å²) in [6.45, 7) is -0.0575. The van der Waals surface area contributed by atoms with Crippen LogP contribution >= 0.6 is 11.3 Å². The van der Waals surface area contributed by atoms with Crippen molar-refractivity contribution in [3.63, 3.8) is 0 Å². The van der Waals surface area contributed by atoms with Crippen LogP contribution in [0.1, 0.15) is 39.2 Å². The van der Waals surface area contributed by atoms with Gasteiger partial charge in [0.1, 0.15) is 5.00 Å². The van der Waals surface area contributed by atoms with Crippen LogP contribution in [0.15, 0.2) is 30.3 Å². The second kappa shape index (κ2) is 6.64. The van der Waals surface area contributed by atoms with Crippen LogP contribution in [0.3, 0.4) is 0 Å². The van der Waals surface area contributed by atoms with Gasteiger partial charge in [0.2, 0.25) is 5.91 Å². The van der Waals surface area contributed by atoms with Gasteiger partial charge in [-0.25, -0.2) is 0 Å². The van der Waals surface area contributed by atoms with Crippen molar-refractivity contribution in [3.8, 4) is 0 Å². The Kier molecular flexibility index (Phi) is 4.59. The SMILES string of the molecule is CN(C(=O)CN)c1sc2c(c1C(=O)c1ccccc1)CCCC2. The Hall–Kier alpha value is -1.98. The van der Waals surface area contributed by atoms with Crippen molar-refractivity contribution in [1.82, 2.24) is 0 Å². The lowest BCUT2D eigenvalue weighted by atomic mass is 9.92. The molecule has 23 heavy (non-hydrogen) atoms. The molecule has 1 aromatic carbocycles. The molecule has 0 saturated carbocycles. The molecule has 0 radical (unpaired) electrons. The smallest absolute Gasteiger partial charge is 0.241 e. The van der Waals surface area contributed by atoms with E-state index in [0.29, 0.717) is 11.1 Å². The van der Waals surface area contributed by atoms with E-state index < -0.39 is 0 Å². The highest BCUT2D eigenvalue weighted by Gasteiger charge is 2.29. The Morgan fingerprint density at radius 3 is 2.57 bits per heavy atom. The molecule has 2 aromatic rings. The molecule has 0 spiro atoms. The second-order valence-electron chi connectivity index (χ2n) is 5.74. The van der Waals surface area contributed by atoms with E-state index in [2.05, 4.69) is 0 Å². The van der Waals surface area contributed by atoms with Gasteiger partial charge in [-0.1, -0.05) is 30.3 Å². The van der Waals surface area contributed by atoms with Gasteiger partial charge in [-0.3, -0.25) is 9.59 Å². The summed E-state index contributed by atoms with van der Waals surface area (Å²) < 4.78 is 0. The van der Waals surface area contributed by atoms with Crippen LogP contribution in [0.2, 0.25) is 0 Å². The van der Waals surface area contributed by atoms with Gasteiger partial charge in [0.25, 0.3) is 0 Å². The van der Waals surface area contributed by atoms with Gasteiger partial charge in [-0.15, -0.1) is 11.3 Å². The fourth-order valence-electron chi connectivity index (χ4n) is 3.01. The zero-order valence-corrected chi connectivity index (χ0v) is 14.0. The van der Waals surface area contributed by atoms with Gasteiger partial charge in [0.05, 0.1) is 12.1 Å². The van der Waals surface area contributed by atoms with E-state index in [1.54, 1.807) is 23.3 Å². The van der Waals surface area contributed by atoms with Crippen LogP contribution in [0.4, 0.5) is 5.00 Å². The van der Waals surface area contributed by atoms with Crippen LogP contribution in [0.25, 0.3) is 0 Å². The van der Waals surface area contributed by atoms with Crippen molar-refractivity contribution in [2.75, 3.05) is 18.5 Å². The highest BCUT2D eigenvalue weighted by Crippen LogP contribution is 2.41. The molecule has 120 valence electrons. The predicted octanol–water partition coefficient (Wildman–Crippen LogP) is 2.78. The lowest BCUT2D eigenvalue weighted by molar-refractivity contribution is -0.116. The summed E-state index contributed by atoms with van der Waals surface area (Å²) in [6, 6.07) is 9.26. The van der Waals surface area contributed by atoms with Crippen molar-refractivity contribution in [2.24, 2.45) is 5.73 Å². The zero-order valence-electron chi connectivity index (χ0n) is 13.2. The summed E-state index contributed by atoms with van der Waals surface area (Å²) in [4.78, 5) is 27.9. The first kappa shape index (κ1) is 15.9. The van der Waals surface area contributed by atoms with E-state index in [1.807, 2.05) is 30.3 Å². The molecule has 2 N–H and O–H groups in total. The van der Waals surface area contributed by atoms with E-state index in [-0.39, 0.29) is 18.2 Å². The van der Waals surface area contributed by atoms with Crippen LogP contribution in [0, 0.1) is 0 Å². The Balaban J connectivity index is 2.11. The average molecular weight is 328 g/mol. The molecular formula is C18H20N2O2S. The molecule has 1 aliphatic carbocycles. The number of likely N-dealkylation sites (N-methyl/N-ethyl adjacent to an activating group) is 1. The minimum atomic E-state index is -0.175. The van der Waals surface area contributed by atoms with E-state index >= 15 is 0 Å². The standard InChI is InChI=1S/C18H20N2O2S/c1-20(15(21)11-19)18-16(13-9-5-6-10-14(13)23-18)17(22)12-7-3-2-4-8-12/h2-4,7-8H,5-6,9-11,19H2,1H3. The Morgan fingerprint density at radius 2 is 1.87 bits per heavy atom. The second-order valence-corrected chi connectivity index (χ2v) is 6.83. The van der Waals surface area contributed by atoms with Crippen molar-refractivity contribution in [1.29, 1.82) is 0 Å². The van der Waals surface area contributed by atoms with E-state index in [1.165, 1.54) is 4.88 Å². The number of hydrogen-bond acceptors (Lipinski definition) is 4. The van der Waals surface area contributed by atoms with Gasteiger partial charge in [-0.2, -0.15) is 0 Å². The van der Waals surface area contributed by atoms with Gasteiger partial charge < -0.3 is 10.6 Å². The topological polar surface area (TPSA) is 63.4 Å². The molecule has 0 unspecified atom stereocenters. The molecule has 1 aromatic heterocycles. The minimum Gasteiger partial charge on any atom is -0.322 e. The molecule has 0 saturated heterocycles. The van der Waals surface area contributed by atoms with Gasteiger partial charge in [0.15, 0.2) is 5.78 Å². The first-order chi connectivity index (χ1) is 11.1. The number of anilines is 1. The van der Waals surface area contributed by atoms with Crippen LogP contribution in [-0.2, 0) is 17.6 Å². The minimum absolute atomic E-state index is 0.00308. The highest BCUT2D eigenvalue weighted by molar-refractivity contribution is 7.17. The fourth-order valence-corrected chi connectivity index (χ4v) is 4.37. The number of aryl methyl sites for hydroxylation is 1. The number of carbonyl (C=O) groups is 2. The maximum Gasteiger partial charge on any atom is 0.241 e. The number of fused-ring (bicyclic) bond motifs is 1. The molecule has 1 amide bonds. The number of nitrogens with two attached hydrogens (primary N) is 1. The van der Waals surface area contributed by atoms with Crippen molar-refractivity contribution in [3.05, 3.63) is 51.9 Å². The molecule has 1 heterocycles. The Labute approximate surface area is 139 Å². The third-order valence-electron chi connectivity index (χ3n) is 4.27. The summed E-state index contributed by atoms with van der Waals surface area (Å²) in [7, 11) is 1.70. The van der Waals surface area contributed by atoms with Crippen LogP contribution in [0.5, 0.6) is 0 Å². The number of amides is 1. The molecule has 5 heteroatoms. The third kappa shape index (κ3) is 2.94. The molecular weight excluding hydrogens is 308 g/mol. The predicted molar refractivity (Wildman–Crippen MR) is 93.3 cm³/mol. The molecule has 0 bridgehead atoms. The van der Waals surface area contributed by atoms with E-state index in [4.69, 9.17) is 5.73 Å². The summed E-state index contributed by atoms with van der Waals surface area (Å²) in [5.74, 6) is -0.178. The number of thiophene rings is 1. The lowest BCUT2D eigenvalue weighted by Gasteiger charge is -2.17. The first-order valence-corrected chi connectivity index (χ1v) is 8.66. The monoisotopic (exact) mass is 328 g/mol. The summed E-state index contributed by atoms with van der Waals surface area (Å²) in [5.41, 5.74) is 7.98. The lowest BCUT2D eigenvalue weighted by Crippen LogP contribution is -2.33. The molecule has 1 aliphatic rings. The molecule has 0 atom stereocenters. The summed E-state index contributed by atoms with van der Waals surface area (Å²) in [6.07, 6.45) is 4.12. The molecule has 0 aliphatic heterocycles. The normalized spacial score (nSPS) is 13.5. The fraction of sp³-hybridized carbons (Fsp3) is 0.333. The summed E-state index contributed by atoms with van der Waals surface area (Å²) in [5, 5.41) is 0.737. The number of nitrogens with zero attached hydrogens (tertiary/aromatic N) is 1. The highest BCUT2D eigenvalue weighted by atomic mass is 32.1. The van der Waals surface area contributed by atoms with Crippen molar-refractivity contribution < 1.29 is 9.59 Å². The third-order valence-corrected chi connectivity index (χ3v) is 5.64. The van der Waals surface area contributed by atoms with Gasteiger partial charge >= 0.3 is 0 Å². The van der Waals surface area contributed by atoms with Crippen LogP contribution in [-0.4, -0.2) is 25.3 Å².